The molecule has 0 spiro atoms. The molecule has 3 heteroatoms. The van der Waals surface area contributed by atoms with Crippen molar-refractivity contribution in [2.45, 2.75) is 25.3 Å². The smallest absolute Gasteiger partial charge is 0.329 e. The molecule has 0 amide bonds. The minimum Gasteiger partial charge on any atom is -0.467 e. The summed E-state index contributed by atoms with van der Waals surface area (Å²) in [6.45, 7) is 4.10. The number of fused-ring (bicyclic) bond motifs is 1. The van der Waals surface area contributed by atoms with E-state index >= 15 is 0 Å². The van der Waals surface area contributed by atoms with Crippen LogP contribution in [-0.4, -0.2) is 19.1 Å². The van der Waals surface area contributed by atoms with Crippen LogP contribution in [0.3, 0.4) is 0 Å². The highest BCUT2D eigenvalue weighted by molar-refractivity contribution is 5.85. The normalized spacial score (nSPS) is 21.7. The van der Waals surface area contributed by atoms with Crippen molar-refractivity contribution in [1.29, 1.82) is 0 Å². The lowest BCUT2D eigenvalue weighted by atomic mass is 9.81. The van der Waals surface area contributed by atoms with Crippen LogP contribution in [0.25, 0.3) is 0 Å². The van der Waals surface area contributed by atoms with Gasteiger partial charge in [0.15, 0.2) is 0 Å². The van der Waals surface area contributed by atoms with Gasteiger partial charge in [0.1, 0.15) is 6.04 Å². The summed E-state index contributed by atoms with van der Waals surface area (Å²) in [5.41, 5.74) is 1.97. The monoisotopic (exact) mass is 205 g/mol. The van der Waals surface area contributed by atoms with Gasteiger partial charge in [0.2, 0.25) is 0 Å². The molecule has 0 aliphatic carbocycles. The van der Waals surface area contributed by atoms with Gasteiger partial charge in [0, 0.05) is 11.1 Å². The number of hydrogen-bond donors (Lipinski definition) is 1. The van der Waals surface area contributed by atoms with E-state index < -0.39 is 0 Å². The molecule has 0 bridgehead atoms. The first-order chi connectivity index (χ1) is 7.07. The van der Waals surface area contributed by atoms with Crippen molar-refractivity contribution in [3.8, 4) is 0 Å². The van der Waals surface area contributed by atoms with Gasteiger partial charge < -0.3 is 10.1 Å². The fraction of sp³-hybridized carbons (Fsp3) is 0.417. The highest BCUT2D eigenvalue weighted by Gasteiger charge is 2.43. The molecule has 2 rings (SSSR count). The van der Waals surface area contributed by atoms with Gasteiger partial charge in [-0.05, 0) is 11.6 Å². The number of nitrogens with one attached hydrogen (secondary N) is 1. The molecular weight excluding hydrogens is 190 g/mol. The number of carbonyl (C=O) groups excluding carboxylic acids is 1. The van der Waals surface area contributed by atoms with E-state index in [1.165, 1.54) is 12.7 Å². The molecule has 1 aliphatic rings. The maximum absolute atomic E-state index is 11.6. The van der Waals surface area contributed by atoms with Crippen LogP contribution < -0.4 is 5.32 Å². The van der Waals surface area contributed by atoms with Gasteiger partial charge >= 0.3 is 5.97 Å². The van der Waals surface area contributed by atoms with Gasteiger partial charge in [-0.2, -0.15) is 0 Å². The van der Waals surface area contributed by atoms with Crippen LogP contribution in [0.2, 0.25) is 0 Å². The average Bonchev–Trinajstić information content (AvgIpc) is 2.51. The molecule has 0 fully saturated rings. The Morgan fingerprint density at radius 3 is 2.67 bits per heavy atom. The van der Waals surface area contributed by atoms with Gasteiger partial charge in [0.25, 0.3) is 0 Å². The summed E-state index contributed by atoms with van der Waals surface area (Å²) >= 11 is 0. The first-order valence-corrected chi connectivity index (χ1v) is 5.01. The van der Waals surface area contributed by atoms with Crippen molar-refractivity contribution in [1.82, 2.24) is 0 Å². The van der Waals surface area contributed by atoms with E-state index in [9.17, 15) is 4.79 Å². The lowest BCUT2D eigenvalue weighted by Crippen LogP contribution is -2.41. The third-order valence-corrected chi connectivity index (χ3v) is 3.08. The fourth-order valence-electron chi connectivity index (χ4n) is 2.13. The largest absolute Gasteiger partial charge is 0.467 e. The van der Waals surface area contributed by atoms with Crippen LogP contribution in [0.15, 0.2) is 24.3 Å². The minimum atomic E-state index is -0.292. The zero-order chi connectivity index (χ0) is 11.1. The molecule has 3 nitrogen and oxygen atoms in total. The van der Waals surface area contributed by atoms with Gasteiger partial charge in [-0.1, -0.05) is 32.0 Å². The third kappa shape index (κ3) is 1.39. The van der Waals surface area contributed by atoms with Crippen LogP contribution in [-0.2, 0) is 14.9 Å². The number of ether oxygens (including phenoxy) is 1. The second kappa shape index (κ2) is 3.26. The molecule has 1 aromatic carbocycles. The summed E-state index contributed by atoms with van der Waals surface area (Å²) in [6, 6.07) is 7.69. The number of esters is 1. The Bertz CT molecular complexity index is 398. The minimum absolute atomic E-state index is 0.212. The molecule has 80 valence electrons. The summed E-state index contributed by atoms with van der Waals surface area (Å²) in [4.78, 5) is 11.6. The van der Waals surface area contributed by atoms with E-state index in [2.05, 4.69) is 5.32 Å². The Balaban J connectivity index is 2.42. The SMILES string of the molecule is COC(=O)C1Nc2ccccc2C1(C)C. The highest BCUT2D eigenvalue weighted by Crippen LogP contribution is 2.40. The predicted molar refractivity (Wildman–Crippen MR) is 58.9 cm³/mol. The van der Waals surface area contributed by atoms with E-state index in [1.54, 1.807) is 0 Å². The maximum Gasteiger partial charge on any atom is 0.329 e. The summed E-state index contributed by atoms with van der Waals surface area (Å²) in [6.07, 6.45) is 0. The van der Waals surface area contributed by atoms with Crippen LogP contribution in [0.4, 0.5) is 5.69 Å². The lowest BCUT2D eigenvalue weighted by Gasteiger charge is -2.25. The number of carbonyl (C=O) groups is 1. The summed E-state index contributed by atoms with van der Waals surface area (Å²) in [5, 5.41) is 3.20. The first kappa shape index (κ1) is 10.0. The van der Waals surface area contributed by atoms with Gasteiger partial charge in [-0.15, -0.1) is 0 Å². The Hall–Kier alpha value is -1.51. The molecule has 0 saturated carbocycles. The van der Waals surface area contributed by atoms with E-state index in [-0.39, 0.29) is 17.4 Å². The Kier molecular flexibility index (Phi) is 2.18. The van der Waals surface area contributed by atoms with Crippen molar-refractivity contribution in [2.75, 3.05) is 12.4 Å². The molecule has 1 aromatic rings. The van der Waals surface area contributed by atoms with Gasteiger partial charge in [-0.3, -0.25) is 0 Å². The summed E-state index contributed by atoms with van der Waals surface area (Å²) < 4.78 is 4.80. The summed E-state index contributed by atoms with van der Waals surface area (Å²) in [5.74, 6) is -0.212. The first-order valence-electron chi connectivity index (χ1n) is 5.01. The average molecular weight is 205 g/mol. The van der Waals surface area contributed by atoms with Crippen LogP contribution in [0, 0.1) is 0 Å². The molecule has 0 radical (unpaired) electrons. The second-order valence-electron chi connectivity index (χ2n) is 4.37. The Morgan fingerprint density at radius 1 is 1.40 bits per heavy atom. The van der Waals surface area contributed by atoms with Crippen LogP contribution in [0.5, 0.6) is 0 Å². The number of benzene rings is 1. The van der Waals surface area contributed by atoms with Crippen molar-refractivity contribution < 1.29 is 9.53 Å². The van der Waals surface area contributed by atoms with E-state index in [0.29, 0.717) is 0 Å². The maximum atomic E-state index is 11.6. The lowest BCUT2D eigenvalue weighted by molar-refractivity contribution is -0.142. The third-order valence-electron chi connectivity index (χ3n) is 3.08. The number of anilines is 1. The molecule has 0 aromatic heterocycles. The van der Waals surface area contributed by atoms with Crippen molar-refractivity contribution >= 4 is 11.7 Å². The second-order valence-corrected chi connectivity index (χ2v) is 4.37. The molecular formula is C12H15NO2. The van der Waals surface area contributed by atoms with Crippen LogP contribution >= 0.6 is 0 Å². The van der Waals surface area contributed by atoms with Crippen LogP contribution in [0.1, 0.15) is 19.4 Å². The standard InChI is InChI=1S/C12H15NO2/c1-12(2)8-6-4-5-7-9(8)13-10(12)11(14)15-3/h4-7,10,13H,1-3H3. The quantitative estimate of drug-likeness (QED) is 0.712. The van der Waals surface area contributed by atoms with E-state index in [0.717, 1.165) is 5.69 Å². The molecule has 0 saturated heterocycles. The zero-order valence-electron chi connectivity index (χ0n) is 9.20. The van der Waals surface area contributed by atoms with Crippen molar-refractivity contribution in [3.05, 3.63) is 29.8 Å². The topological polar surface area (TPSA) is 38.3 Å². The Morgan fingerprint density at radius 2 is 2.07 bits per heavy atom. The van der Waals surface area contributed by atoms with Gasteiger partial charge in [0.05, 0.1) is 7.11 Å². The molecule has 1 heterocycles. The fourth-order valence-corrected chi connectivity index (χ4v) is 2.13. The van der Waals surface area contributed by atoms with Crippen molar-refractivity contribution in [3.63, 3.8) is 0 Å². The number of methoxy groups -OCH3 is 1. The Labute approximate surface area is 89.4 Å². The summed E-state index contributed by atoms with van der Waals surface area (Å²) in [7, 11) is 1.42. The number of para-hydroxylation sites is 1. The molecule has 1 atom stereocenters. The van der Waals surface area contributed by atoms with Gasteiger partial charge in [-0.25, -0.2) is 4.79 Å². The van der Waals surface area contributed by atoms with E-state index in [1.807, 2.05) is 38.1 Å². The predicted octanol–water partition coefficient (Wildman–Crippen LogP) is 1.93. The molecule has 15 heavy (non-hydrogen) atoms. The number of hydrogen-bond acceptors (Lipinski definition) is 3. The number of rotatable bonds is 1. The molecule has 1 N–H and O–H groups in total. The zero-order valence-corrected chi connectivity index (χ0v) is 9.20. The molecule has 1 aliphatic heterocycles. The van der Waals surface area contributed by atoms with Crippen molar-refractivity contribution in [2.24, 2.45) is 0 Å². The molecule has 1 unspecified atom stereocenters. The van der Waals surface area contributed by atoms with E-state index in [4.69, 9.17) is 4.74 Å². The highest BCUT2D eigenvalue weighted by atomic mass is 16.5.